The van der Waals surface area contributed by atoms with Crippen LogP contribution in [-0.4, -0.2) is 15.7 Å². The van der Waals surface area contributed by atoms with E-state index in [1.807, 2.05) is 30.2 Å². The zero-order valence-electron chi connectivity index (χ0n) is 9.98. The van der Waals surface area contributed by atoms with Crippen LogP contribution in [0.1, 0.15) is 20.3 Å². The molecule has 0 aliphatic carbocycles. The molecule has 0 aliphatic rings. The van der Waals surface area contributed by atoms with Gasteiger partial charge in [-0.2, -0.15) is 0 Å². The molecule has 17 heavy (non-hydrogen) atoms. The van der Waals surface area contributed by atoms with Crippen molar-refractivity contribution in [2.24, 2.45) is 5.92 Å². The average molecular weight is 311 g/mol. The third-order valence-electron chi connectivity index (χ3n) is 2.73. The van der Waals surface area contributed by atoms with Gasteiger partial charge in [0.1, 0.15) is 5.52 Å². The van der Waals surface area contributed by atoms with E-state index < -0.39 is 0 Å². The van der Waals surface area contributed by atoms with Crippen LogP contribution in [0.3, 0.4) is 0 Å². The van der Waals surface area contributed by atoms with Crippen molar-refractivity contribution in [1.82, 2.24) is 9.97 Å². The van der Waals surface area contributed by atoms with E-state index in [0.717, 1.165) is 27.2 Å². The minimum Gasteiger partial charge on any atom is -0.254 e. The van der Waals surface area contributed by atoms with Crippen molar-refractivity contribution < 1.29 is 0 Å². The fourth-order valence-corrected chi connectivity index (χ4v) is 2.92. The van der Waals surface area contributed by atoms with Gasteiger partial charge in [-0.3, -0.25) is 9.97 Å². The minimum absolute atomic E-state index is 0.735. The van der Waals surface area contributed by atoms with E-state index in [0.29, 0.717) is 0 Å². The monoisotopic (exact) mass is 310 g/mol. The molecule has 0 saturated carbocycles. The van der Waals surface area contributed by atoms with Crippen molar-refractivity contribution in [2.75, 3.05) is 5.75 Å². The van der Waals surface area contributed by atoms with Gasteiger partial charge in [0.05, 0.1) is 5.52 Å². The summed E-state index contributed by atoms with van der Waals surface area (Å²) >= 11 is 5.29. The lowest BCUT2D eigenvalue weighted by Crippen LogP contribution is -1.96. The van der Waals surface area contributed by atoms with Gasteiger partial charge < -0.3 is 0 Å². The molecule has 2 heterocycles. The van der Waals surface area contributed by atoms with Crippen LogP contribution in [0.5, 0.6) is 0 Å². The van der Waals surface area contributed by atoms with Crippen molar-refractivity contribution >= 4 is 38.7 Å². The van der Waals surface area contributed by atoms with E-state index in [4.69, 9.17) is 0 Å². The number of hydrogen-bond acceptors (Lipinski definition) is 3. The number of hydrogen-bond donors (Lipinski definition) is 0. The molecule has 2 aromatic rings. The van der Waals surface area contributed by atoms with E-state index in [9.17, 15) is 0 Å². The first-order valence-corrected chi connectivity index (χ1v) is 7.51. The Labute approximate surface area is 114 Å². The number of thioether (sulfide) groups is 1. The number of pyridine rings is 2. The lowest BCUT2D eigenvalue weighted by molar-refractivity contribution is 0.637. The van der Waals surface area contributed by atoms with Crippen LogP contribution in [-0.2, 0) is 0 Å². The summed E-state index contributed by atoms with van der Waals surface area (Å²) in [4.78, 5) is 10.0. The summed E-state index contributed by atoms with van der Waals surface area (Å²) in [6.45, 7) is 4.51. The SMILES string of the molecule is CCC(C)CSc1ccnc2cc(Br)cnc12. The predicted octanol–water partition coefficient (Wildman–Crippen LogP) is 4.53. The predicted molar refractivity (Wildman–Crippen MR) is 77.4 cm³/mol. The Morgan fingerprint density at radius 3 is 3.00 bits per heavy atom. The Bertz CT molecular complexity index is 516. The molecule has 2 aromatic heterocycles. The highest BCUT2D eigenvalue weighted by Gasteiger charge is 2.06. The second-order valence-electron chi connectivity index (χ2n) is 4.15. The Morgan fingerprint density at radius 1 is 1.41 bits per heavy atom. The van der Waals surface area contributed by atoms with Gasteiger partial charge in [0, 0.05) is 27.5 Å². The summed E-state index contributed by atoms with van der Waals surface area (Å²) in [5.74, 6) is 1.87. The van der Waals surface area contributed by atoms with Crippen molar-refractivity contribution in [3.8, 4) is 0 Å². The van der Waals surface area contributed by atoms with Crippen LogP contribution in [0.2, 0.25) is 0 Å². The Hall–Kier alpha value is -0.610. The van der Waals surface area contributed by atoms with Gasteiger partial charge in [-0.05, 0) is 34.0 Å². The molecule has 1 atom stereocenters. The van der Waals surface area contributed by atoms with E-state index in [-0.39, 0.29) is 0 Å². The third kappa shape index (κ3) is 3.19. The summed E-state index contributed by atoms with van der Waals surface area (Å²) in [6, 6.07) is 4.06. The number of aromatic nitrogens is 2. The van der Waals surface area contributed by atoms with E-state index in [2.05, 4.69) is 45.8 Å². The van der Waals surface area contributed by atoms with Gasteiger partial charge in [0.25, 0.3) is 0 Å². The molecule has 0 aliphatic heterocycles. The summed E-state index contributed by atoms with van der Waals surface area (Å²) in [6.07, 6.45) is 4.90. The molecular weight excluding hydrogens is 296 g/mol. The summed E-state index contributed by atoms with van der Waals surface area (Å²) in [5, 5.41) is 0. The molecule has 0 bridgehead atoms. The van der Waals surface area contributed by atoms with Gasteiger partial charge in [-0.25, -0.2) is 0 Å². The molecule has 4 heteroatoms. The number of fused-ring (bicyclic) bond motifs is 1. The first-order valence-electron chi connectivity index (χ1n) is 5.73. The first-order chi connectivity index (χ1) is 8.20. The lowest BCUT2D eigenvalue weighted by atomic mass is 10.2. The Kier molecular flexibility index (Phi) is 4.40. The van der Waals surface area contributed by atoms with Crippen molar-refractivity contribution in [1.29, 1.82) is 0 Å². The van der Waals surface area contributed by atoms with Gasteiger partial charge in [0.15, 0.2) is 0 Å². The average Bonchev–Trinajstić information content (AvgIpc) is 2.35. The quantitative estimate of drug-likeness (QED) is 0.776. The smallest absolute Gasteiger partial charge is 0.102 e. The molecule has 0 aromatic carbocycles. The first kappa shape index (κ1) is 12.8. The normalized spacial score (nSPS) is 12.9. The summed E-state index contributed by atoms with van der Waals surface area (Å²) in [5.41, 5.74) is 1.96. The maximum atomic E-state index is 4.45. The van der Waals surface area contributed by atoms with E-state index >= 15 is 0 Å². The third-order valence-corrected chi connectivity index (χ3v) is 4.54. The largest absolute Gasteiger partial charge is 0.254 e. The number of rotatable bonds is 4. The molecule has 0 spiro atoms. The molecule has 1 unspecified atom stereocenters. The fraction of sp³-hybridized carbons (Fsp3) is 0.385. The molecule has 90 valence electrons. The maximum absolute atomic E-state index is 4.45. The molecule has 0 fully saturated rings. The van der Waals surface area contributed by atoms with Crippen molar-refractivity contribution in [3.63, 3.8) is 0 Å². The van der Waals surface area contributed by atoms with Crippen molar-refractivity contribution in [3.05, 3.63) is 29.0 Å². The van der Waals surface area contributed by atoms with Crippen LogP contribution in [0.15, 0.2) is 33.9 Å². The molecule has 0 N–H and O–H groups in total. The molecule has 0 saturated heterocycles. The maximum Gasteiger partial charge on any atom is 0.102 e. The van der Waals surface area contributed by atoms with Gasteiger partial charge in [-0.15, -0.1) is 11.8 Å². The highest BCUT2D eigenvalue weighted by Crippen LogP contribution is 2.28. The highest BCUT2D eigenvalue weighted by molar-refractivity contribution is 9.10. The van der Waals surface area contributed by atoms with Gasteiger partial charge in [0.2, 0.25) is 0 Å². The van der Waals surface area contributed by atoms with E-state index in [1.165, 1.54) is 11.3 Å². The lowest BCUT2D eigenvalue weighted by Gasteiger charge is -2.09. The second-order valence-corrected chi connectivity index (χ2v) is 6.13. The standard InChI is InChI=1S/C13H15BrN2S/c1-3-9(2)8-17-12-4-5-15-11-6-10(14)7-16-13(11)12/h4-7,9H,3,8H2,1-2H3. The van der Waals surface area contributed by atoms with Crippen LogP contribution in [0.4, 0.5) is 0 Å². The zero-order valence-corrected chi connectivity index (χ0v) is 12.4. The van der Waals surface area contributed by atoms with Gasteiger partial charge >= 0.3 is 0 Å². The zero-order chi connectivity index (χ0) is 12.3. The van der Waals surface area contributed by atoms with Crippen LogP contribution >= 0.6 is 27.7 Å². The highest BCUT2D eigenvalue weighted by atomic mass is 79.9. The van der Waals surface area contributed by atoms with Crippen molar-refractivity contribution in [2.45, 2.75) is 25.2 Å². The number of nitrogens with zero attached hydrogens (tertiary/aromatic N) is 2. The number of halogens is 1. The topological polar surface area (TPSA) is 25.8 Å². The van der Waals surface area contributed by atoms with Crippen LogP contribution in [0, 0.1) is 5.92 Å². The second kappa shape index (κ2) is 5.83. The molecule has 0 amide bonds. The molecule has 0 radical (unpaired) electrons. The fourth-order valence-electron chi connectivity index (χ4n) is 1.45. The molecule has 2 rings (SSSR count). The van der Waals surface area contributed by atoms with E-state index in [1.54, 1.807) is 0 Å². The van der Waals surface area contributed by atoms with Crippen LogP contribution in [0.25, 0.3) is 11.0 Å². The Balaban J connectivity index is 2.28. The Morgan fingerprint density at radius 2 is 2.24 bits per heavy atom. The summed E-state index contributed by atoms with van der Waals surface area (Å²) in [7, 11) is 0. The summed E-state index contributed by atoms with van der Waals surface area (Å²) < 4.78 is 0.974. The van der Waals surface area contributed by atoms with Gasteiger partial charge in [-0.1, -0.05) is 20.3 Å². The molecule has 2 nitrogen and oxygen atoms in total. The van der Waals surface area contributed by atoms with Crippen LogP contribution < -0.4 is 0 Å². The molecular formula is C13H15BrN2S. The minimum atomic E-state index is 0.735.